The highest BCUT2D eigenvalue weighted by molar-refractivity contribution is 5.66. The molecule has 5 heteroatoms. The summed E-state index contributed by atoms with van der Waals surface area (Å²) in [4.78, 5) is 7.00. The van der Waals surface area contributed by atoms with Crippen LogP contribution in [-0.2, 0) is 13.0 Å². The van der Waals surface area contributed by atoms with E-state index in [1.165, 1.54) is 43.4 Å². The number of fused-ring (bicyclic) bond motifs is 1. The standard InChI is InChI=1S/C18H24N4O/c19-15-9-4-10-16-14(15)8-5-11-22(16)12-17-20-18(23-21-17)13-6-2-1-3-7-13/h4,9-10,13H,1-3,5-8,11-12,19H2. The zero-order chi connectivity index (χ0) is 15.6. The first kappa shape index (κ1) is 14.5. The monoisotopic (exact) mass is 312 g/mol. The quantitative estimate of drug-likeness (QED) is 0.876. The molecule has 1 saturated carbocycles. The number of hydrogen-bond acceptors (Lipinski definition) is 5. The van der Waals surface area contributed by atoms with Gasteiger partial charge in [-0.3, -0.25) is 0 Å². The summed E-state index contributed by atoms with van der Waals surface area (Å²) in [5, 5.41) is 4.22. The molecule has 0 bridgehead atoms. The fourth-order valence-corrected chi connectivity index (χ4v) is 3.91. The maximum Gasteiger partial charge on any atom is 0.229 e. The molecule has 1 aliphatic carbocycles. The Hall–Kier alpha value is -2.04. The van der Waals surface area contributed by atoms with E-state index >= 15 is 0 Å². The van der Waals surface area contributed by atoms with Crippen molar-refractivity contribution in [2.45, 2.75) is 57.4 Å². The van der Waals surface area contributed by atoms with Crippen LogP contribution in [-0.4, -0.2) is 16.7 Å². The van der Waals surface area contributed by atoms with Gasteiger partial charge >= 0.3 is 0 Å². The fraction of sp³-hybridized carbons (Fsp3) is 0.556. The molecular weight excluding hydrogens is 288 g/mol. The van der Waals surface area contributed by atoms with Crippen LogP contribution in [0.3, 0.4) is 0 Å². The lowest BCUT2D eigenvalue weighted by atomic mass is 9.89. The highest BCUT2D eigenvalue weighted by atomic mass is 16.5. The van der Waals surface area contributed by atoms with Gasteiger partial charge in [0.2, 0.25) is 5.89 Å². The van der Waals surface area contributed by atoms with Gasteiger partial charge < -0.3 is 15.2 Å². The van der Waals surface area contributed by atoms with E-state index in [1.54, 1.807) is 0 Å². The van der Waals surface area contributed by atoms with Crippen molar-refractivity contribution >= 4 is 11.4 Å². The van der Waals surface area contributed by atoms with E-state index in [0.717, 1.165) is 36.8 Å². The van der Waals surface area contributed by atoms with Gasteiger partial charge in [-0.2, -0.15) is 4.98 Å². The van der Waals surface area contributed by atoms with Gasteiger partial charge in [-0.05, 0) is 43.4 Å². The first-order valence-electron chi connectivity index (χ1n) is 8.76. The first-order chi connectivity index (χ1) is 11.3. The molecule has 4 rings (SSSR count). The van der Waals surface area contributed by atoms with Crippen molar-refractivity contribution in [3.63, 3.8) is 0 Å². The summed E-state index contributed by atoms with van der Waals surface area (Å²) in [7, 11) is 0. The third-order valence-corrected chi connectivity index (χ3v) is 5.15. The molecular formula is C18H24N4O. The summed E-state index contributed by atoms with van der Waals surface area (Å²) < 4.78 is 5.54. The maximum atomic E-state index is 6.12. The molecule has 0 spiro atoms. The normalized spacial score (nSPS) is 18.9. The van der Waals surface area contributed by atoms with Crippen molar-refractivity contribution in [2.24, 2.45) is 0 Å². The molecule has 0 unspecified atom stereocenters. The Kier molecular flexibility index (Phi) is 3.93. The van der Waals surface area contributed by atoms with Crippen molar-refractivity contribution < 1.29 is 4.52 Å². The Morgan fingerprint density at radius 2 is 2.04 bits per heavy atom. The van der Waals surface area contributed by atoms with Gasteiger partial charge in [-0.25, -0.2) is 0 Å². The van der Waals surface area contributed by atoms with Crippen LogP contribution in [0.5, 0.6) is 0 Å². The highest BCUT2D eigenvalue weighted by Crippen LogP contribution is 2.33. The summed E-state index contributed by atoms with van der Waals surface area (Å²) in [5.41, 5.74) is 9.50. The van der Waals surface area contributed by atoms with Crippen LogP contribution in [0.4, 0.5) is 11.4 Å². The number of benzene rings is 1. The van der Waals surface area contributed by atoms with Crippen LogP contribution in [0.25, 0.3) is 0 Å². The number of hydrogen-bond donors (Lipinski definition) is 1. The van der Waals surface area contributed by atoms with E-state index in [0.29, 0.717) is 12.5 Å². The molecule has 0 saturated heterocycles. The molecule has 0 radical (unpaired) electrons. The number of rotatable bonds is 3. The Bertz CT molecular complexity index is 675. The largest absolute Gasteiger partial charge is 0.398 e. The molecule has 0 amide bonds. The van der Waals surface area contributed by atoms with Gasteiger partial charge in [0.25, 0.3) is 0 Å². The Balaban J connectivity index is 1.51. The van der Waals surface area contributed by atoms with Gasteiger partial charge in [0.1, 0.15) is 0 Å². The third-order valence-electron chi connectivity index (χ3n) is 5.15. The predicted octanol–water partition coefficient (Wildman–Crippen LogP) is 3.65. The van der Waals surface area contributed by atoms with E-state index in [-0.39, 0.29) is 0 Å². The zero-order valence-electron chi connectivity index (χ0n) is 13.5. The summed E-state index contributed by atoms with van der Waals surface area (Å²) in [6.45, 7) is 1.72. The maximum absolute atomic E-state index is 6.12. The molecule has 5 nitrogen and oxygen atoms in total. The van der Waals surface area contributed by atoms with Crippen molar-refractivity contribution in [1.82, 2.24) is 10.1 Å². The summed E-state index contributed by atoms with van der Waals surface area (Å²) in [6, 6.07) is 6.15. The SMILES string of the molecule is Nc1cccc2c1CCCN2Cc1noc(C2CCCCC2)n1. The average molecular weight is 312 g/mol. The molecule has 2 N–H and O–H groups in total. The van der Waals surface area contributed by atoms with Gasteiger partial charge in [0.05, 0.1) is 6.54 Å². The Morgan fingerprint density at radius 3 is 2.91 bits per heavy atom. The van der Waals surface area contributed by atoms with Gasteiger partial charge in [0.15, 0.2) is 5.82 Å². The van der Waals surface area contributed by atoms with Gasteiger partial charge in [0, 0.05) is 23.8 Å². The van der Waals surface area contributed by atoms with Crippen LogP contribution in [0.1, 0.15) is 61.7 Å². The van der Waals surface area contributed by atoms with E-state index in [2.05, 4.69) is 21.1 Å². The molecule has 1 aromatic heterocycles. The van der Waals surface area contributed by atoms with E-state index in [4.69, 9.17) is 10.3 Å². The molecule has 1 fully saturated rings. The summed E-state index contributed by atoms with van der Waals surface area (Å²) >= 11 is 0. The minimum Gasteiger partial charge on any atom is -0.398 e. The van der Waals surface area contributed by atoms with E-state index < -0.39 is 0 Å². The lowest BCUT2D eigenvalue weighted by molar-refractivity contribution is 0.312. The molecule has 1 aromatic carbocycles. The smallest absolute Gasteiger partial charge is 0.229 e. The lowest BCUT2D eigenvalue weighted by Gasteiger charge is -2.31. The number of aromatic nitrogens is 2. The highest BCUT2D eigenvalue weighted by Gasteiger charge is 2.24. The average Bonchev–Trinajstić information content (AvgIpc) is 3.05. The predicted molar refractivity (Wildman–Crippen MR) is 90.3 cm³/mol. The minimum atomic E-state index is 0.467. The Labute approximate surface area is 136 Å². The summed E-state index contributed by atoms with van der Waals surface area (Å²) in [6.07, 6.45) is 8.44. The number of anilines is 2. The Morgan fingerprint density at radius 1 is 1.17 bits per heavy atom. The molecule has 2 aromatic rings. The van der Waals surface area contributed by atoms with Crippen LogP contribution in [0.2, 0.25) is 0 Å². The fourth-order valence-electron chi connectivity index (χ4n) is 3.91. The summed E-state index contributed by atoms with van der Waals surface area (Å²) in [5.74, 6) is 2.10. The molecule has 2 heterocycles. The molecule has 0 atom stereocenters. The minimum absolute atomic E-state index is 0.467. The second-order valence-corrected chi connectivity index (χ2v) is 6.75. The van der Waals surface area contributed by atoms with Crippen LogP contribution >= 0.6 is 0 Å². The molecule has 122 valence electrons. The van der Waals surface area contributed by atoms with Gasteiger partial charge in [-0.1, -0.05) is 30.5 Å². The third kappa shape index (κ3) is 2.92. The first-order valence-corrected chi connectivity index (χ1v) is 8.76. The lowest BCUT2D eigenvalue weighted by Crippen LogP contribution is -2.29. The zero-order valence-corrected chi connectivity index (χ0v) is 13.5. The molecule has 23 heavy (non-hydrogen) atoms. The second kappa shape index (κ2) is 6.22. The molecule has 2 aliphatic rings. The van der Waals surface area contributed by atoms with Crippen molar-refractivity contribution in [3.05, 3.63) is 35.5 Å². The van der Waals surface area contributed by atoms with Crippen LogP contribution < -0.4 is 10.6 Å². The topological polar surface area (TPSA) is 68.2 Å². The second-order valence-electron chi connectivity index (χ2n) is 6.75. The molecule has 1 aliphatic heterocycles. The number of nitrogen functional groups attached to an aromatic ring is 1. The van der Waals surface area contributed by atoms with Gasteiger partial charge in [-0.15, -0.1) is 0 Å². The van der Waals surface area contributed by atoms with Crippen LogP contribution in [0.15, 0.2) is 22.7 Å². The van der Waals surface area contributed by atoms with Crippen molar-refractivity contribution in [2.75, 3.05) is 17.2 Å². The van der Waals surface area contributed by atoms with E-state index in [9.17, 15) is 0 Å². The number of nitrogens with zero attached hydrogens (tertiary/aromatic N) is 3. The van der Waals surface area contributed by atoms with Crippen molar-refractivity contribution in [3.8, 4) is 0 Å². The van der Waals surface area contributed by atoms with E-state index in [1.807, 2.05) is 12.1 Å². The van der Waals surface area contributed by atoms with Crippen molar-refractivity contribution in [1.29, 1.82) is 0 Å². The number of nitrogens with two attached hydrogens (primary N) is 1. The van der Waals surface area contributed by atoms with Crippen LogP contribution in [0, 0.1) is 0 Å².